The highest BCUT2D eigenvalue weighted by molar-refractivity contribution is 5.93. The Morgan fingerprint density at radius 2 is 2.10 bits per heavy atom. The standard InChI is InChI=1S/C16H22FN3O/c17-12-3-6-15(14(18)9-12)19-16(21)7-8-20(13-4-5-13)10-11-1-2-11/h3,6,9,11,13H,1-2,4-5,7-8,10,18H2,(H,19,21). The Morgan fingerprint density at radius 1 is 1.33 bits per heavy atom. The first-order valence-electron chi connectivity index (χ1n) is 7.71. The van der Waals surface area contributed by atoms with Crippen molar-refractivity contribution in [3.8, 4) is 0 Å². The number of halogens is 1. The highest BCUT2D eigenvalue weighted by Crippen LogP contribution is 2.34. The van der Waals surface area contributed by atoms with Gasteiger partial charge in [-0.1, -0.05) is 0 Å². The summed E-state index contributed by atoms with van der Waals surface area (Å²) in [5, 5.41) is 2.76. The van der Waals surface area contributed by atoms with E-state index in [1.807, 2.05) is 0 Å². The maximum atomic E-state index is 13.0. The van der Waals surface area contributed by atoms with Gasteiger partial charge < -0.3 is 11.1 Å². The molecule has 2 aliphatic rings. The van der Waals surface area contributed by atoms with Crippen molar-refractivity contribution in [2.45, 2.75) is 38.1 Å². The molecule has 0 bridgehead atoms. The monoisotopic (exact) mass is 291 g/mol. The van der Waals surface area contributed by atoms with E-state index < -0.39 is 5.82 Å². The molecular formula is C16H22FN3O. The average Bonchev–Trinajstić information content (AvgIpc) is 3.30. The molecule has 3 rings (SSSR count). The molecule has 1 aromatic rings. The fraction of sp³-hybridized carbons (Fsp3) is 0.562. The molecule has 21 heavy (non-hydrogen) atoms. The van der Waals surface area contributed by atoms with Crippen molar-refractivity contribution < 1.29 is 9.18 Å². The second kappa shape index (κ2) is 6.02. The Morgan fingerprint density at radius 3 is 2.71 bits per heavy atom. The van der Waals surface area contributed by atoms with Gasteiger partial charge in [0.25, 0.3) is 0 Å². The van der Waals surface area contributed by atoms with Gasteiger partial charge in [-0.3, -0.25) is 9.69 Å². The zero-order valence-electron chi connectivity index (χ0n) is 12.1. The largest absolute Gasteiger partial charge is 0.397 e. The highest BCUT2D eigenvalue weighted by atomic mass is 19.1. The smallest absolute Gasteiger partial charge is 0.225 e. The van der Waals surface area contributed by atoms with Crippen LogP contribution in [0.5, 0.6) is 0 Å². The Bertz CT molecular complexity index is 526. The zero-order chi connectivity index (χ0) is 14.8. The van der Waals surface area contributed by atoms with Crippen LogP contribution in [0.4, 0.5) is 15.8 Å². The summed E-state index contributed by atoms with van der Waals surface area (Å²) in [6, 6.07) is 4.72. The summed E-state index contributed by atoms with van der Waals surface area (Å²) in [7, 11) is 0. The van der Waals surface area contributed by atoms with Gasteiger partial charge in [-0.15, -0.1) is 0 Å². The van der Waals surface area contributed by atoms with Crippen LogP contribution in [0, 0.1) is 11.7 Å². The lowest BCUT2D eigenvalue weighted by Crippen LogP contribution is -2.31. The highest BCUT2D eigenvalue weighted by Gasteiger charge is 2.33. The van der Waals surface area contributed by atoms with E-state index in [1.54, 1.807) is 0 Å². The van der Waals surface area contributed by atoms with Crippen molar-refractivity contribution in [1.82, 2.24) is 4.90 Å². The van der Waals surface area contributed by atoms with Crippen molar-refractivity contribution in [2.75, 3.05) is 24.1 Å². The number of carbonyl (C=O) groups excluding carboxylic acids is 1. The zero-order valence-corrected chi connectivity index (χ0v) is 12.1. The lowest BCUT2D eigenvalue weighted by atomic mass is 10.2. The van der Waals surface area contributed by atoms with E-state index >= 15 is 0 Å². The van der Waals surface area contributed by atoms with Crippen LogP contribution >= 0.6 is 0 Å². The van der Waals surface area contributed by atoms with E-state index in [0.29, 0.717) is 18.2 Å². The van der Waals surface area contributed by atoms with Gasteiger partial charge in [0.1, 0.15) is 5.82 Å². The molecule has 0 spiro atoms. The quantitative estimate of drug-likeness (QED) is 0.759. The van der Waals surface area contributed by atoms with Crippen LogP contribution < -0.4 is 11.1 Å². The molecule has 0 radical (unpaired) electrons. The van der Waals surface area contributed by atoms with Crippen LogP contribution in [0.3, 0.4) is 0 Å². The topological polar surface area (TPSA) is 58.4 Å². The van der Waals surface area contributed by atoms with Crippen molar-refractivity contribution in [3.05, 3.63) is 24.0 Å². The molecule has 1 aromatic carbocycles. The summed E-state index contributed by atoms with van der Waals surface area (Å²) < 4.78 is 13.0. The minimum atomic E-state index is -0.394. The molecule has 2 saturated carbocycles. The summed E-state index contributed by atoms with van der Waals surface area (Å²) >= 11 is 0. The molecule has 0 saturated heterocycles. The third-order valence-corrected chi connectivity index (χ3v) is 4.17. The molecule has 0 heterocycles. The summed E-state index contributed by atoms with van der Waals surface area (Å²) in [6.45, 7) is 1.94. The molecule has 4 nitrogen and oxygen atoms in total. The molecule has 5 heteroatoms. The Hall–Kier alpha value is -1.62. The summed E-state index contributed by atoms with van der Waals surface area (Å²) in [5.74, 6) is 0.394. The normalized spacial score (nSPS) is 18.0. The molecule has 0 aliphatic heterocycles. The van der Waals surface area contributed by atoms with E-state index in [-0.39, 0.29) is 11.6 Å². The number of nitrogens with zero attached hydrogens (tertiary/aromatic N) is 1. The Kier molecular flexibility index (Phi) is 4.10. The first kappa shape index (κ1) is 14.3. The number of nitrogen functional groups attached to an aromatic ring is 1. The minimum absolute atomic E-state index is 0.0604. The first-order valence-corrected chi connectivity index (χ1v) is 7.71. The van der Waals surface area contributed by atoms with E-state index in [0.717, 1.165) is 19.0 Å². The van der Waals surface area contributed by atoms with Crippen LogP contribution in [0.2, 0.25) is 0 Å². The minimum Gasteiger partial charge on any atom is -0.397 e. The second-order valence-electron chi connectivity index (χ2n) is 6.20. The van der Waals surface area contributed by atoms with Crippen molar-refractivity contribution in [1.29, 1.82) is 0 Å². The molecule has 114 valence electrons. The number of benzene rings is 1. The van der Waals surface area contributed by atoms with Gasteiger partial charge in [0.2, 0.25) is 5.91 Å². The SMILES string of the molecule is Nc1cc(F)ccc1NC(=O)CCN(CC1CC1)C1CC1. The van der Waals surface area contributed by atoms with Crippen LogP contribution in [-0.4, -0.2) is 29.9 Å². The first-order chi connectivity index (χ1) is 10.1. The molecule has 2 aliphatic carbocycles. The summed E-state index contributed by atoms with van der Waals surface area (Å²) in [5.41, 5.74) is 6.44. The third-order valence-electron chi connectivity index (χ3n) is 4.17. The predicted molar refractivity (Wildman–Crippen MR) is 81.4 cm³/mol. The summed E-state index contributed by atoms with van der Waals surface area (Å²) in [6.07, 6.45) is 5.65. The fourth-order valence-corrected chi connectivity index (χ4v) is 2.60. The Balaban J connectivity index is 1.48. The fourth-order valence-electron chi connectivity index (χ4n) is 2.60. The van der Waals surface area contributed by atoms with Gasteiger partial charge in [0, 0.05) is 25.6 Å². The molecule has 0 atom stereocenters. The van der Waals surface area contributed by atoms with E-state index in [2.05, 4.69) is 10.2 Å². The maximum Gasteiger partial charge on any atom is 0.225 e. The van der Waals surface area contributed by atoms with Gasteiger partial charge in [-0.05, 0) is 49.8 Å². The second-order valence-corrected chi connectivity index (χ2v) is 6.20. The summed E-state index contributed by atoms with van der Waals surface area (Å²) in [4.78, 5) is 14.5. The van der Waals surface area contributed by atoms with Gasteiger partial charge in [-0.2, -0.15) is 0 Å². The van der Waals surface area contributed by atoms with Gasteiger partial charge in [0.15, 0.2) is 0 Å². The number of nitrogens with one attached hydrogen (secondary N) is 1. The lowest BCUT2D eigenvalue weighted by Gasteiger charge is -2.21. The number of anilines is 2. The lowest BCUT2D eigenvalue weighted by molar-refractivity contribution is -0.116. The molecule has 0 aromatic heterocycles. The number of hydrogen-bond acceptors (Lipinski definition) is 3. The number of carbonyl (C=O) groups is 1. The van der Waals surface area contributed by atoms with Gasteiger partial charge >= 0.3 is 0 Å². The average molecular weight is 291 g/mol. The molecule has 3 N–H and O–H groups in total. The van der Waals surface area contributed by atoms with Crippen LogP contribution in [-0.2, 0) is 4.79 Å². The molecular weight excluding hydrogens is 269 g/mol. The van der Waals surface area contributed by atoms with Crippen LogP contribution in [0.15, 0.2) is 18.2 Å². The van der Waals surface area contributed by atoms with Crippen LogP contribution in [0.25, 0.3) is 0 Å². The molecule has 2 fully saturated rings. The van der Waals surface area contributed by atoms with E-state index in [9.17, 15) is 9.18 Å². The Labute approximate surface area is 124 Å². The number of amides is 1. The van der Waals surface area contributed by atoms with Gasteiger partial charge in [-0.25, -0.2) is 4.39 Å². The molecule has 0 unspecified atom stereocenters. The van der Waals surface area contributed by atoms with Crippen molar-refractivity contribution in [3.63, 3.8) is 0 Å². The van der Waals surface area contributed by atoms with E-state index in [1.165, 1.54) is 43.9 Å². The number of hydrogen-bond donors (Lipinski definition) is 2. The number of rotatable bonds is 7. The van der Waals surface area contributed by atoms with E-state index in [4.69, 9.17) is 5.73 Å². The van der Waals surface area contributed by atoms with Gasteiger partial charge in [0.05, 0.1) is 11.4 Å². The number of nitrogens with two attached hydrogens (primary N) is 1. The maximum absolute atomic E-state index is 13.0. The third kappa shape index (κ3) is 4.17. The van der Waals surface area contributed by atoms with Crippen molar-refractivity contribution in [2.24, 2.45) is 5.92 Å². The van der Waals surface area contributed by atoms with Crippen molar-refractivity contribution >= 4 is 17.3 Å². The van der Waals surface area contributed by atoms with Crippen LogP contribution in [0.1, 0.15) is 32.1 Å². The predicted octanol–water partition coefficient (Wildman–Crippen LogP) is 2.61. The molecule has 1 amide bonds.